The van der Waals surface area contributed by atoms with E-state index in [0.717, 1.165) is 12.5 Å². The Morgan fingerprint density at radius 2 is 2.00 bits per heavy atom. The van der Waals surface area contributed by atoms with E-state index >= 15 is 0 Å². The summed E-state index contributed by atoms with van der Waals surface area (Å²) in [4.78, 5) is 7.84. The van der Waals surface area contributed by atoms with Crippen LogP contribution < -0.4 is 10.5 Å². The van der Waals surface area contributed by atoms with Crippen LogP contribution in [0.2, 0.25) is 0 Å². The second-order valence-corrected chi connectivity index (χ2v) is 4.64. The van der Waals surface area contributed by atoms with Gasteiger partial charge in [0.15, 0.2) is 0 Å². The number of aromatic nitrogens is 2. The molecule has 0 spiro atoms. The number of ether oxygens (including phenoxy) is 1. The van der Waals surface area contributed by atoms with Crippen LogP contribution in [-0.2, 0) is 0 Å². The fourth-order valence-corrected chi connectivity index (χ4v) is 1.20. The number of rotatable bonds is 4. The third-order valence-corrected chi connectivity index (χ3v) is 2.76. The van der Waals surface area contributed by atoms with Gasteiger partial charge in [0.05, 0.1) is 6.61 Å². The summed E-state index contributed by atoms with van der Waals surface area (Å²) < 4.78 is 5.31. The Morgan fingerprint density at radius 3 is 2.47 bits per heavy atom. The molecule has 0 saturated heterocycles. The van der Waals surface area contributed by atoms with E-state index in [-0.39, 0.29) is 0 Å². The molecule has 0 amide bonds. The zero-order valence-electron chi connectivity index (χ0n) is 9.88. The van der Waals surface area contributed by atoms with Crippen molar-refractivity contribution < 1.29 is 9.84 Å². The molecule has 1 aromatic heterocycles. The number of hydrogen-bond donors (Lipinski definition) is 2. The minimum atomic E-state index is 0.391. The van der Waals surface area contributed by atoms with E-state index in [1.807, 2.05) is 0 Å². The van der Waals surface area contributed by atoms with Crippen molar-refractivity contribution in [3.8, 4) is 6.01 Å². The molecule has 1 aromatic rings. The number of hydrogen-bond acceptors (Lipinski definition) is 5. The first-order valence-corrected chi connectivity index (χ1v) is 6.10. The average Bonchev–Trinajstić information content (AvgIpc) is 3.19. The standard InChI is InChI=1S/C8H11N3O.C4H8O/c9-7-3-4-10-8(11-7)12-5-6-1-2-6;5-3-4-1-2-4/h3-4,6H,1-2,5H2,(H2,9,10,11);4-5H,1-3H2. The second kappa shape index (κ2) is 5.82. The molecule has 94 valence electrons. The van der Waals surface area contributed by atoms with Gasteiger partial charge in [0.25, 0.3) is 0 Å². The van der Waals surface area contributed by atoms with Gasteiger partial charge in [-0.05, 0) is 43.6 Å². The number of nitrogens with zero attached hydrogens (tertiary/aromatic N) is 2. The van der Waals surface area contributed by atoms with Crippen molar-refractivity contribution in [1.29, 1.82) is 0 Å². The van der Waals surface area contributed by atoms with Crippen LogP contribution in [0.1, 0.15) is 25.7 Å². The van der Waals surface area contributed by atoms with E-state index in [9.17, 15) is 0 Å². The third-order valence-electron chi connectivity index (χ3n) is 2.76. The van der Waals surface area contributed by atoms with Gasteiger partial charge in [0.2, 0.25) is 0 Å². The van der Waals surface area contributed by atoms with Gasteiger partial charge in [-0.3, -0.25) is 0 Å². The smallest absolute Gasteiger partial charge is 0.318 e. The lowest BCUT2D eigenvalue weighted by atomic mass is 10.5. The highest BCUT2D eigenvalue weighted by Gasteiger charge is 2.22. The van der Waals surface area contributed by atoms with Crippen molar-refractivity contribution in [2.45, 2.75) is 25.7 Å². The summed E-state index contributed by atoms with van der Waals surface area (Å²) in [6, 6.07) is 2.03. The number of aliphatic hydroxyl groups excluding tert-OH is 1. The first-order valence-electron chi connectivity index (χ1n) is 6.10. The summed E-state index contributed by atoms with van der Waals surface area (Å²) in [5.74, 6) is 1.86. The molecular weight excluding hydrogens is 218 g/mol. The molecule has 17 heavy (non-hydrogen) atoms. The lowest BCUT2D eigenvalue weighted by Gasteiger charge is -2.01. The van der Waals surface area contributed by atoms with Crippen molar-refractivity contribution in [2.24, 2.45) is 11.8 Å². The quantitative estimate of drug-likeness (QED) is 0.823. The van der Waals surface area contributed by atoms with Crippen molar-refractivity contribution in [2.75, 3.05) is 18.9 Å². The van der Waals surface area contributed by atoms with E-state index in [2.05, 4.69) is 9.97 Å². The molecular formula is C12H19N3O2. The Kier molecular flexibility index (Phi) is 4.14. The molecule has 5 heteroatoms. The van der Waals surface area contributed by atoms with Crippen LogP contribution in [-0.4, -0.2) is 28.3 Å². The SMILES string of the molecule is Nc1ccnc(OCC2CC2)n1.OCC1CC1. The Morgan fingerprint density at radius 1 is 1.29 bits per heavy atom. The van der Waals surface area contributed by atoms with Crippen LogP contribution in [0.5, 0.6) is 6.01 Å². The molecule has 0 aliphatic heterocycles. The van der Waals surface area contributed by atoms with Gasteiger partial charge in [-0.2, -0.15) is 4.98 Å². The summed E-state index contributed by atoms with van der Waals surface area (Å²) in [6.07, 6.45) is 6.65. The van der Waals surface area contributed by atoms with Crippen molar-refractivity contribution in [3.63, 3.8) is 0 Å². The summed E-state index contributed by atoms with van der Waals surface area (Å²) in [5.41, 5.74) is 5.45. The maximum Gasteiger partial charge on any atom is 0.318 e. The Hall–Kier alpha value is -1.36. The number of anilines is 1. The lowest BCUT2D eigenvalue weighted by molar-refractivity contribution is 0.276. The molecule has 1 heterocycles. The highest BCUT2D eigenvalue weighted by Crippen LogP contribution is 2.29. The number of aliphatic hydroxyl groups is 1. The van der Waals surface area contributed by atoms with Gasteiger partial charge in [0.1, 0.15) is 5.82 Å². The van der Waals surface area contributed by atoms with E-state index in [1.54, 1.807) is 12.3 Å². The molecule has 0 radical (unpaired) electrons. The Bertz CT molecular complexity index is 351. The van der Waals surface area contributed by atoms with Crippen LogP contribution in [0.15, 0.2) is 12.3 Å². The highest BCUT2D eigenvalue weighted by molar-refractivity contribution is 5.26. The molecule has 3 rings (SSSR count). The second-order valence-electron chi connectivity index (χ2n) is 4.64. The van der Waals surface area contributed by atoms with Gasteiger partial charge in [-0.1, -0.05) is 0 Å². The van der Waals surface area contributed by atoms with Crippen molar-refractivity contribution >= 4 is 5.82 Å². The lowest BCUT2D eigenvalue weighted by Crippen LogP contribution is -2.03. The van der Waals surface area contributed by atoms with Crippen LogP contribution in [0.25, 0.3) is 0 Å². The minimum absolute atomic E-state index is 0.391. The molecule has 2 aliphatic carbocycles. The molecule has 3 N–H and O–H groups in total. The van der Waals surface area contributed by atoms with Gasteiger partial charge in [-0.15, -0.1) is 0 Å². The Labute approximate surface area is 101 Å². The van der Waals surface area contributed by atoms with Gasteiger partial charge >= 0.3 is 6.01 Å². The molecule has 5 nitrogen and oxygen atoms in total. The number of nitrogens with two attached hydrogens (primary N) is 1. The zero-order chi connectivity index (χ0) is 12.1. The van der Waals surface area contributed by atoms with E-state index in [1.165, 1.54) is 25.7 Å². The van der Waals surface area contributed by atoms with E-state index in [4.69, 9.17) is 15.6 Å². The predicted molar refractivity (Wildman–Crippen MR) is 64.5 cm³/mol. The first-order chi connectivity index (χ1) is 8.28. The molecule has 2 saturated carbocycles. The van der Waals surface area contributed by atoms with Gasteiger partial charge in [-0.25, -0.2) is 4.98 Å². The summed E-state index contributed by atoms with van der Waals surface area (Å²) in [6.45, 7) is 1.14. The number of nitrogen functional groups attached to an aromatic ring is 1. The average molecular weight is 237 g/mol. The topological polar surface area (TPSA) is 81.3 Å². The van der Waals surface area contributed by atoms with E-state index < -0.39 is 0 Å². The fraction of sp³-hybridized carbons (Fsp3) is 0.667. The van der Waals surface area contributed by atoms with Gasteiger partial charge < -0.3 is 15.6 Å². The monoisotopic (exact) mass is 237 g/mol. The summed E-state index contributed by atoms with van der Waals surface area (Å²) in [5, 5.41) is 8.21. The molecule has 0 bridgehead atoms. The van der Waals surface area contributed by atoms with Crippen LogP contribution >= 0.6 is 0 Å². The predicted octanol–water partition coefficient (Wildman–Crippen LogP) is 1.24. The molecule has 2 aliphatic rings. The highest BCUT2D eigenvalue weighted by atomic mass is 16.5. The van der Waals surface area contributed by atoms with Crippen LogP contribution in [0.3, 0.4) is 0 Å². The first kappa shape index (κ1) is 12.1. The minimum Gasteiger partial charge on any atom is -0.463 e. The normalized spacial score (nSPS) is 18.2. The molecule has 0 unspecified atom stereocenters. The third kappa shape index (κ3) is 4.99. The fourth-order valence-electron chi connectivity index (χ4n) is 1.20. The van der Waals surface area contributed by atoms with Crippen LogP contribution in [0.4, 0.5) is 5.82 Å². The summed E-state index contributed by atoms with van der Waals surface area (Å²) >= 11 is 0. The Balaban J connectivity index is 0.000000181. The largest absolute Gasteiger partial charge is 0.463 e. The van der Waals surface area contributed by atoms with Crippen LogP contribution in [0, 0.1) is 11.8 Å². The van der Waals surface area contributed by atoms with Crippen molar-refractivity contribution in [3.05, 3.63) is 12.3 Å². The molecule has 2 fully saturated rings. The van der Waals surface area contributed by atoms with Crippen molar-refractivity contribution in [1.82, 2.24) is 9.97 Å². The summed E-state index contributed by atoms with van der Waals surface area (Å²) in [7, 11) is 0. The molecule has 0 atom stereocenters. The maximum absolute atomic E-state index is 8.21. The van der Waals surface area contributed by atoms with E-state index in [0.29, 0.717) is 24.4 Å². The van der Waals surface area contributed by atoms with Gasteiger partial charge in [0, 0.05) is 12.8 Å². The maximum atomic E-state index is 8.21. The molecule has 0 aromatic carbocycles. The zero-order valence-corrected chi connectivity index (χ0v) is 9.88.